The van der Waals surface area contributed by atoms with Gasteiger partial charge in [0.1, 0.15) is 5.75 Å². The first-order valence-electron chi connectivity index (χ1n) is 14.3. The molecule has 0 radical (unpaired) electrons. The minimum atomic E-state index is -1.12. The molecule has 1 aliphatic heterocycles. The maximum absolute atomic E-state index is 15.4. The van der Waals surface area contributed by atoms with Gasteiger partial charge in [-0.25, -0.2) is 4.39 Å². The summed E-state index contributed by atoms with van der Waals surface area (Å²) in [5.74, 6) is -0.896. The highest BCUT2D eigenvalue weighted by molar-refractivity contribution is 6.39. The van der Waals surface area contributed by atoms with E-state index in [4.69, 9.17) is 19.9 Å². The van der Waals surface area contributed by atoms with E-state index < -0.39 is 17.6 Å². The molecule has 1 fully saturated rings. The molecular formula is C33H35FN4O5. The van der Waals surface area contributed by atoms with Gasteiger partial charge in [0, 0.05) is 35.9 Å². The second-order valence-electron chi connectivity index (χ2n) is 10.6. The van der Waals surface area contributed by atoms with Crippen molar-refractivity contribution in [3.8, 4) is 23.0 Å². The Labute approximate surface area is 249 Å². The van der Waals surface area contributed by atoms with Crippen LogP contribution in [0.1, 0.15) is 24.0 Å². The van der Waals surface area contributed by atoms with Crippen molar-refractivity contribution in [2.75, 3.05) is 38.3 Å². The third kappa shape index (κ3) is 7.21. The lowest BCUT2D eigenvalue weighted by atomic mass is 9.99. The average Bonchev–Trinajstić information content (AvgIpc) is 3.01. The standard InChI is InChI=1S/C33H35FN4O5/c1-21-4-3-5-22(16-21)11-15-38(33(40)32(35)39)24-6-7-29(26(34)17-24)43-28-10-14-37-27-19-31(30(41-2)18-25(27)28)42-20-23-8-12-36-13-9-23/h3-7,10,14,16-19,23,36H,8-9,11-13,15,20H2,1-2H3,(H2,35,39). The molecule has 9 nitrogen and oxygen atoms in total. The lowest BCUT2D eigenvalue weighted by Gasteiger charge is -2.23. The van der Waals surface area contributed by atoms with Gasteiger partial charge in [0.15, 0.2) is 23.1 Å². The van der Waals surface area contributed by atoms with Gasteiger partial charge in [-0.3, -0.25) is 14.6 Å². The Morgan fingerprint density at radius 2 is 1.84 bits per heavy atom. The number of benzene rings is 3. The lowest BCUT2D eigenvalue weighted by molar-refractivity contribution is -0.135. The number of anilines is 1. The Hall–Kier alpha value is -4.70. The summed E-state index contributed by atoms with van der Waals surface area (Å²) >= 11 is 0. The molecule has 1 saturated heterocycles. The molecule has 3 N–H and O–H groups in total. The maximum atomic E-state index is 15.4. The van der Waals surface area contributed by atoms with Gasteiger partial charge in [0.2, 0.25) is 0 Å². The molecule has 10 heteroatoms. The third-order valence-electron chi connectivity index (χ3n) is 7.53. The molecule has 2 heterocycles. The topological polar surface area (TPSA) is 116 Å². The van der Waals surface area contributed by atoms with Crippen molar-refractivity contribution in [3.63, 3.8) is 0 Å². The van der Waals surface area contributed by atoms with Crippen LogP contribution in [0.3, 0.4) is 0 Å². The number of nitrogens with zero attached hydrogens (tertiary/aromatic N) is 2. The van der Waals surface area contributed by atoms with Gasteiger partial charge in [-0.2, -0.15) is 0 Å². The second kappa shape index (κ2) is 13.5. The summed E-state index contributed by atoms with van der Waals surface area (Å²) in [7, 11) is 1.56. The molecule has 0 unspecified atom stereocenters. The predicted molar refractivity (Wildman–Crippen MR) is 162 cm³/mol. The zero-order valence-corrected chi connectivity index (χ0v) is 24.3. The minimum Gasteiger partial charge on any atom is -0.493 e. The number of carbonyl (C=O) groups excluding carboxylic acids is 2. The average molecular weight is 587 g/mol. The van der Waals surface area contributed by atoms with Crippen LogP contribution >= 0.6 is 0 Å². The summed E-state index contributed by atoms with van der Waals surface area (Å²) in [6.07, 6.45) is 4.13. The summed E-state index contributed by atoms with van der Waals surface area (Å²) in [6.45, 7) is 4.65. The van der Waals surface area contributed by atoms with E-state index in [1.54, 1.807) is 31.5 Å². The molecule has 1 aromatic heterocycles. The molecule has 3 aromatic carbocycles. The zero-order chi connectivity index (χ0) is 30.3. The molecule has 1 aliphatic rings. The number of nitrogens with one attached hydrogen (secondary N) is 1. The number of rotatable bonds is 10. The van der Waals surface area contributed by atoms with Crippen molar-refractivity contribution in [1.82, 2.24) is 10.3 Å². The lowest BCUT2D eigenvalue weighted by Crippen LogP contribution is -2.41. The summed E-state index contributed by atoms with van der Waals surface area (Å²) in [6, 6.07) is 17.1. The molecule has 0 bridgehead atoms. The fourth-order valence-corrected chi connectivity index (χ4v) is 5.19. The number of hydrogen-bond acceptors (Lipinski definition) is 7. The van der Waals surface area contributed by atoms with Gasteiger partial charge >= 0.3 is 11.8 Å². The van der Waals surface area contributed by atoms with Gasteiger partial charge in [-0.05, 0) is 75.0 Å². The van der Waals surface area contributed by atoms with E-state index in [9.17, 15) is 9.59 Å². The Kier molecular flexibility index (Phi) is 9.36. The fourth-order valence-electron chi connectivity index (χ4n) is 5.19. The van der Waals surface area contributed by atoms with Crippen molar-refractivity contribution in [2.45, 2.75) is 26.2 Å². The van der Waals surface area contributed by atoms with Crippen LogP contribution in [0.5, 0.6) is 23.0 Å². The van der Waals surface area contributed by atoms with Gasteiger partial charge in [-0.15, -0.1) is 0 Å². The van der Waals surface area contributed by atoms with Crippen molar-refractivity contribution >= 4 is 28.4 Å². The Morgan fingerprint density at radius 3 is 2.56 bits per heavy atom. The van der Waals surface area contributed by atoms with Crippen molar-refractivity contribution in [2.24, 2.45) is 11.7 Å². The number of piperidine rings is 1. The number of aromatic nitrogens is 1. The number of ether oxygens (including phenoxy) is 3. The van der Waals surface area contributed by atoms with E-state index in [-0.39, 0.29) is 18.0 Å². The van der Waals surface area contributed by atoms with Gasteiger partial charge in [0.25, 0.3) is 0 Å². The van der Waals surface area contributed by atoms with E-state index in [1.807, 2.05) is 31.2 Å². The number of nitrogens with two attached hydrogens (primary N) is 1. The van der Waals surface area contributed by atoms with Crippen LogP contribution in [0.25, 0.3) is 10.9 Å². The molecule has 43 heavy (non-hydrogen) atoms. The monoisotopic (exact) mass is 586 g/mol. The molecule has 0 atom stereocenters. The van der Waals surface area contributed by atoms with Gasteiger partial charge in [0.05, 0.1) is 19.2 Å². The number of aryl methyl sites for hydroxylation is 1. The first kappa shape index (κ1) is 29.8. The SMILES string of the molecule is COc1cc2c(Oc3ccc(N(CCc4cccc(C)c4)C(=O)C(N)=O)cc3F)ccnc2cc1OCC1CCNCC1. The van der Waals surface area contributed by atoms with Crippen LogP contribution in [0, 0.1) is 18.7 Å². The number of methoxy groups -OCH3 is 1. The highest BCUT2D eigenvalue weighted by atomic mass is 19.1. The summed E-state index contributed by atoms with van der Waals surface area (Å²) < 4.78 is 33.1. The highest BCUT2D eigenvalue weighted by Gasteiger charge is 2.23. The number of carbonyl (C=O) groups is 2. The van der Waals surface area contributed by atoms with Crippen LogP contribution < -0.4 is 30.2 Å². The third-order valence-corrected chi connectivity index (χ3v) is 7.53. The molecule has 0 aliphatic carbocycles. The number of primary amides is 1. The van der Waals surface area contributed by atoms with Gasteiger partial charge in [-0.1, -0.05) is 29.8 Å². The Bertz CT molecular complexity index is 1620. The largest absolute Gasteiger partial charge is 0.493 e. The highest BCUT2D eigenvalue weighted by Crippen LogP contribution is 2.38. The van der Waals surface area contributed by atoms with Crippen molar-refractivity contribution in [3.05, 3.63) is 83.8 Å². The quantitative estimate of drug-likeness (QED) is 0.253. The molecule has 2 amide bonds. The minimum absolute atomic E-state index is 0.0633. The normalized spacial score (nSPS) is 13.5. The Morgan fingerprint density at radius 1 is 1.02 bits per heavy atom. The number of halogens is 1. The number of fused-ring (bicyclic) bond motifs is 1. The van der Waals surface area contributed by atoms with Crippen LogP contribution in [0.4, 0.5) is 10.1 Å². The number of amides is 2. The second-order valence-corrected chi connectivity index (χ2v) is 10.6. The van der Waals surface area contributed by atoms with E-state index in [1.165, 1.54) is 17.0 Å². The van der Waals surface area contributed by atoms with Crippen molar-refractivity contribution in [1.29, 1.82) is 0 Å². The molecule has 0 saturated carbocycles. The Balaban J connectivity index is 1.36. The molecule has 224 valence electrons. The van der Waals surface area contributed by atoms with Crippen LogP contribution in [0.2, 0.25) is 0 Å². The molecular weight excluding hydrogens is 551 g/mol. The summed E-state index contributed by atoms with van der Waals surface area (Å²) in [4.78, 5) is 30.1. The van der Waals surface area contributed by atoms with E-state index in [0.29, 0.717) is 47.1 Å². The van der Waals surface area contributed by atoms with E-state index in [2.05, 4.69) is 10.3 Å². The van der Waals surface area contributed by atoms with Crippen LogP contribution in [-0.4, -0.2) is 50.1 Å². The van der Waals surface area contributed by atoms with Crippen LogP contribution in [0.15, 0.2) is 66.9 Å². The van der Waals surface area contributed by atoms with Gasteiger partial charge < -0.3 is 30.2 Å². The van der Waals surface area contributed by atoms with E-state index >= 15 is 4.39 Å². The molecule has 0 spiro atoms. The first-order chi connectivity index (χ1) is 20.8. The maximum Gasteiger partial charge on any atom is 0.316 e. The summed E-state index contributed by atoms with van der Waals surface area (Å²) in [5.41, 5.74) is 8.14. The fraction of sp³-hybridized carbons (Fsp3) is 0.303. The number of hydrogen-bond donors (Lipinski definition) is 2. The van der Waals surface area contributed by atoms with Crippen molar-refractivity contribution < 1.29 is 28.2 Å². The molecule has 4 aromatic rings. The zero-order valence-electron chi connectivity index (χ0n) is 24.3. The number of pyridine rings is 1. The molecule has 5 rings (SSSR count). The predicted octanol–water partition coefficient (Wildman–Crippen LogP) is 4.92. The van der Waals surface area contributed by atoms with Crippen LogP contribution in [-0.2, 0) is 16.0 Å². The summed E-state index contributed by atoms with van der Waals surface area (Å²) in [5, 5.41) is 3.97. The van der Waals surface area contributed by atoms with E-state index in [0.717, 1.165) is 43.1 Å². The first-order valence-corrected chi connectivity index (χ1v) is 14.3. The smallest absolute Gasteiger partial charge is 0.316 e.